The van der Waals surface area contributed by atoms with E-state index in [9.17, 15) is 0 Å². The van der Waals surface area contributed by atoms with E-state index in [1.165, 1.54) is 0 Å². The third-order valence-corrected chi connectivity index (χ3v) is 9.96. The van der Waals surface area contributed by atoms with E-state index in [1.807, 2.05) is 0 Å². The van der Waals surface area contributed by atoms with E-state index in [0.29, 0.717) is 0 Å². The van der Waals surface area contributed by atoms with Crippen LogP contribution in [0.25, 0.3) is 0 Å². The van der Waals surface area contributed by atoms with Gasteiger partial charge in [0.15, 0.2) is 0 Å². The minimum Gasteiger partial charge on any atom is -0.374 e. The lowest BCUT2D eigenvalue weighted by Gasteiger charge is -2.35. The minimum atomic E-state index is -2.81. The van der Waals surface area contributed by atoms with Gasteiger partial charge in [-0.15, -0.1) is 0 Å². The SMILES string of the molecule is C=C(C1CC=C([Si](OC)(OC)OC)CC1)[Si](OC)(OC)OC. The van der Waals surface area contributed by atoms with E-state index in [2.05, 4.69) is 12.7 Å². The summed E-state index contributed by atoms with van der Waals surface area (Å²) in [7, 11) is 4.19. The quantitative estimate of drug-likeness (QED) is 0.595. The molecule has 0 aromatic rings. The maximum absolute atomic E-state index is 5.54. The highest BCUT2D eigenvalue weighted by Crippen LogP contribution is 2.36. The highest BCUT2D eigenvalue weighted by molar-refractivity contribution is 6.69. The van der Waals surface area contributed by atoms with E-state index in [4.69, 9.17) is 26.6 Å². The molecule has 0 saturated heterocycles. The van der Waals surface area contributed by atoms with E-state index in [1.54, 1.807) is 42.7 Å². The second kappa shape index (κ2) is 8.50. The van der Waals surface area contributed by atoms with Gasteiger partial charge in [-0.1, -0.05) is 12.7 Å². The molecule has 0 spiro atoms. The fourth-order valence-electron chi connectivity index (χ4n) is 2.97. The molecule has 0 aromatic heterocycles. The van der Waals surface area contributed by atoms with Gasteiger partial charge in [0.25, 0.3) is 0 Å². The summed E-state index contributed by atoms with van der Waals surface area (Å²) in [6.45, 7) is 4.19. The van der Waals surface area contributed by atoms with Gasteiger partial charge in [0.1, 0.15) is 0 Å². The molecule has 0 radical (unpaired) electrons. The molecule has 0 saturated carbocycles. The summed E-state index contributed by atoms with van der Waals surface area (Å²) in [6, 6.07) is 0. The average Bonchev–Trinajstić information content (AvgIpc) is 2.59. The van der Waals surface area contributed by atoms with Crippen molar-refractivity contribution in [3.63, 3.8) is 0 Å². The third kappa shape index (κ3) is 3.60. The van der Waals surface area contributed by atoms with Crippen molar-refractivity contribution >= 4 is 17.6 Å². The summed E-state index contributed by atoms with van der Waals surface area (Å²) in [6.07, 6.45) is 4.72. The Morgan fingerprint density at radius 1 is 0.955 bits per heavy atom. The Labute approximate surface area is 135 Å². The Hall–Kier alpha value is -0.326. The molecule has 1 aliphatic rings. The maximum atomic E-state index is 5.54. The zero-order valence-corrected chi connectivity index (χ0v) is 16.4. The first-order valence-electron chi connectivity index (χ1n) is 7.18. The Kier molecular flexibility index (Phi) is 7.62. The molecule has 1 atom stereocenters. The van der Waals surface area contributed by atoms with Crippen LogP contribution in [0.4, 0.5) is 0 Å². The molecule has 0 N–H and O–H groups in total. The van der Waals surface area contributed by atoms with Crippen LogP contribution in [0, 0.1) is 5.92 Å². The summed E-state index contributed by atoms with van der Waals surface area (Å²) in [5, 5.41) is 2.03. The highest BCUT2D eigenvalue weighted by Gasteiger charge is 2.48. The van der Waals surface area contributed by atoms with Crippen molar-refractivity contribution in [3.8, 4) is 0 Å². The van der Waals surface area contributed by atoms with Crippen molar-refractivity contribution < 1.29 is 26.6 Å². The molecule has 6 nitrogen and oxygen atoms in total. The lowest BCUT2D eigenvalue weighted by molar-refractivity contribution is 0.128. The fourth-order valence-corrected chi connectivity index (χ4v) is 7.12. The molecule has 0 heterocycles. The van der Waals surface area contributed by atoms with Gasteiger partial charge in [-0.2, -0.15) is 0 Å². The van der Waals surface area contributed by atoms with Crippen LogP contribution in [-0.2, 0) is 26.6 Å². The molecular weight excluding hydrogens is 320 g/mol. The van der Waals surface area contributed by atoms with Crippen LogP contribution < -0.4 is 0 Å². The molecule has 128 valence electrons. The van der Waals surface area contributed by atoms with Crippen LogP contribution in [0.15, 0.2) is 23.0 Å². The van der Waals surface area contributed by atoms with Crippen molar-refractivity contribution in [2.75, 3.05) is 42.7 Å². The van der Waals surface area contributed by atoms with Crippen LogP contribution in [0.3, 0.4) is 0 Å². The highest BCUT2D eigenvalue weighted by atomic mass is 28.4. The van der Waals surface area contributed by atoms with Crippen LogP contribution in [0.1, 0.15) is 19.3 Å². The van der Waals surface area contributed by atoms with Gasteiger partial charge in [0, 0.05) is 42.7 Å². The number of allylic oxidation sites excluding steroid dienone is 3. The number of hydrogen-bond donors (Lipinski definition) is 0. The van der Waals surface area contributed by atoms with Crippen LogP contribution in [0.5, 0.6) is 0 Å². The van der Waals surface area contributed by atoms with Gasteiger partial charge in [0.05, 0.1) is 0 Å². The zero-order chi connectivity index (χ0) is 16.8. The zero-order valence-electron chi connectivity index (χ0n) is 14.4. The molecule has 0 bridgehead atoms. The summed E-state index contributed by atoms with van der Waals surface area (Å²) < 4.78 is 33.2. The molecule has 1 aliphatic carbocycles. The van der Waals surface area contributed by atoms with Gasteiger partial charge >= 0.3 is 17.6 Å². The van der Waals surface area contributed by atoms with Gasteiger partial charge < -0.3 is 26.6 Å². The van der Waals surface area contributed by atoms with Gasteiger partial charge in [0.2, 0.25) is 0 Å². The smallest absolute Gasteiger partial charge is 0.374 e. The van der Waals surface area contributed by atoms with Crippen LogP contribution in [0.2, 0.25) is 0 Å². The lowest BCUT2D eigenvalue weighted by Crippen LogP contribution is -2.49. The molecular formula is C14H28O6Si2. The standard InChI is InChI=1S/C14H28O6Si2/c1-12(21(15-2,16-3)17-4)13-8-10-14(11-9-13)22(18-5,19-6)20-7/h10,13H,1,8-9,11H2,2-7H3. The first-order valence-corrected chi connectivity index (χ1v) is 10.6. The first kappa shape index (κ1) is 19.7. The van der Waals surface area contributed by atoms with Crippen LogP contribution >= 0.6 is 0 Å². The molecule has 22 heavy (non-hydrogen) atoms. The molecule has 1 unspecified atom stereocenters. The van der Waals surface area contributed by atoms with Crippen LogP contribution in [-0.4, -0.2) is 60.3 Å². The predicted octanol–water partition coefficient (Wildman–Crippen LogP) is 2.10. The lowest BCUT2D eigenvalue weighted by atomic mass is 9.94. The monoisotopic (exact) mass is 348 g/mol. The normalized spacial score (nSPS) is 19.9. The second-order valence-electron chi connectivity index (χ2n) is 5.06. The van der Waals surface area contributed by atoms with Crippen molar-refractivity contribution in [3.05, 3.63) is 23.0 Å². The van der Waals surface area contributed by atoms with E-state index < -0.39 is 17.6 Å². The Bertz CT molecular complexity index is 388. The summed E-state index contributed by atoms with van der Waals surface area (Å²) in [5.74, 6) is 0.257. The van der Waals surface area contributed by atoms with Crippen molar-refractivity contribution in [1.82, 2.24) is 0 Å². The number of hydrogen-bond acceptors (Lipinski definition) is 6. The molecule has 0 aromatic carbocycles. The Morgan fingerprint density at radius 2 is 1.45 bits per heavy atom. The second-order valence-corrected chi connectivity index (χ2v) is 11.0. The first-order chi connectivity index (χ1) is 10.5. The Morgan fingerprint density at radius 3 is 1.77 bits per heavy atom. The largest absolute Gasteiger partial charge is 0.531 e. The summed E-state index contributed by atoms with van der Waals surface area (Å²) in [5.41, 5.74) is 0. The van der Waals surface area contributed by atoms with Crippen molar-refractivity contribution in [2.24, 2.45) is 5.92 Å². The molecule has 8 heteroatoms. The Balaban J connectivity index is 2.89. The molecule has 0 aliphatic heterocycles. The fraction of sp³-hybridized carbons (Fsp3) is 0.714. The average molecular weight is 349 g/mol. The van der Waals surface area contributed by atoms with Gasteiger partial charge in [-0.05, 0) is 35.6 Å². The van der Waals surface area contributed by atoms with Gasteiger partial charge in [-0.3, -0.25) is 0 Å². The maximum Gasteiger partial charge on any atom is 0.531 e. The van der Waals surface area contributed by atoms with E-state index in [0.717, 1.165) is 29.7 Å². The van der Waals surface area contributed by atoms with Gasteiger partial charge in [-0.25, -0.2) is 0 Å². The summed E-state index contributed by atoms with van der Waals surface area (Å²) in [4.78, 5) is 0. The van der Waals surface area contributed by atoms with E-state index >= 15 is 0 Å². The minimum absolute atomic E-state index is 0.257. The molecule has 0 amide bonds. The van der Waals surface area contributed by atoms with Crippen molar-refractivity contribution in [2.45, 2.75) is 19.3 Å². The predicted molar refractivity (Wildman–Crippen MR) is 88.1 cm³/mol. The molecule has 0 fully saturated rings. The van der Waals surface area contributed by atoms with Crippen molar-refractivity contribution in [1.29, 1.82) is 0 Å². The molecule has 1 rings (SSSR count). The number of rotatable bonds is 9. The third-order valence-electron chi connectivity index (χ3n) is 4.30. The summed E-state index contributed by atoms with van der Waals surface area (Å²) >= 11 is 0. The topological polar surface area (TPSA) is 55.4 Å². The van der Waals surface area contributed by atoms with E-state index in [-0.39, 0.29) is 5.92 Å².